The highest BCUT2D eigenvalue weighted by Crippen LogP contribution is 2.14. The average Bonchev–Trinajstić information content (AvgIpc) is 2.73. The van der Waals surface area contributed by atoms with E-state index >= 15 is 0 Å². The molecule has 2 aromatic rings. The maximum absolute atomic E-state index is 8.70. The zero-order valence-electron chi connectivity index (χ0n) is 16.7. The van der Waals surface area contributed by atoms with Gasteiger partial charge in [0, 0.05) is 52.0 Å². The second-order valence-corrected chi connectivity index (χ2v) is 7.34. The third kappa shape index (κ3) is 6.35. The first-order chi connectivity index (χ1) is 13.7. The molecule has 148 valence electrons. The van der Waals surface area contributed by atoms with Crippen LogP contribution in [-0.4, -0.2) is 50.8 Å². The SMILES string of the molecule is CN(CCC#N)c1ccc(CNC[C@@H]2CN(Cc3ccccc3)CCO2)cc1. The number of hydrogen-bond donors (Lipinski definition) is 1. The number of nitriles is 1. The lowest BCUT2D eigenvalue weighted by Crippen LogP contribution is -2.46. The molecule has 0 bridgehead atoms. The first-order valence-electron chi connectivity index (χ1n) is 10.0. The van der Waals surface area contributed by atoms with E-state index in [0.717, 1.165) is 51.6 Å². The first kappa shape index (κ1) is 20.3. The Morgan fingerprint density at radius 2 is 1.93 bits per heavy atom. The van der Waals surface area contributed by atoms with Gasteiger partial charge in [0.05, 0.1) is 25.2 Å². The van der Waals surface area contributed by atoms with Gasteiger partial charge in [0.25, 0.3) is 0 Å². The summed E-state index contributed by atoms with van der Waals surface area (Å²) in [5.41, 5.74) is 3.76. The van der Waals surface area contributed by atoms with E-state index in [1.54, 1.807) is 0 Å². The zero-order valence-corrected chi connectivity index (χ0v) is 16.7. The average molecular weight is 379 g/mol. The molecule has 1 aliphatic rings. The predicted octanol–water partition coefficient (Wildman–Crippen LogP) is 3.03. The number of ether oxygens (including phenoxy) is 1. The highest BCUT2D eigenvalue weighted by molar-refractivity contribution is 5.46. The molecule has 5 heteroatoms. The Balaban J connectivity index is 1.40. The molecule has 3 rings (SSSR count). The van der Waals surface area contributed by atoms with Crippen molar-refractivity contribution in [3.05, 3.63) is 65.7 Å². The summed E-state index contributed by atoms with van der Waals surface area (Å²) in [6.07, 6.45) is 0.775. The number of morpholine rings is 1. The fourth-order valence-corrected chi connectivity index (χ4v) is 3.48. The van der Waals surface area contributed by atoms with Crippen molar-refractivity contribution in [1.82, 2.24) is 10.2 Å². The van der Waals surface area contributed by atoms with Crippen molar-refractivity contribution in [3.8, 4) is 6.07 Å². The Morgan fingerprint density at radius 1 is 1.14 bits per heavy atom. The van der Waals surface area contributed by atoms with Crippen LogP contribution in [0.1, 0.15) is 17.5 Å². The molecule has 1 atom stereocenters. The Hall–Kier alpha value is -2.39. The maximum Gasteiger partial charge on any atom is 0.0826 e. The van der Waals surface area contributed by atoms with Gasteiger partial charge in [-0.2, -0.15) is 5.26 Å². The molecular formula is C23H30N4O. The van der Waals surface area contributed by atoms with Crippen molar-refractivity contribution in [2.24, 2.45) is 0 Å². The van der Waals surface area contributed by atoms with Crippen LogP contribution in [0, 0.1) is 11.3 Å². The molecule has 0 unspecified atom stereocenters. The second kappa shape index (κ2) is 10.8. The first-order valence-corrected chi connectivity index (χ1v) is 10.0. The van der Waals surface area contributed by atoms with Crippen LogP contribution in [0.5, 0.6) is 0 Å². The standard InChI is InChI=1S/C23H30N4O/c1-26(13-5-12-24)22-10-8-20(9-11-22)16-25-17-23-19-27(14-15-28-23)18-21-6-3-2-4-7-21/h2-4,6-11,23,25H,5,13-19H2,1H3/t23-/m1/s1. The molecule has 1 N–H and O–H groups in total. The number of nitrogens with zero attached hydrogens (tertiary/aromatic N) is 3. The summed E-state index contributed by atoms with van der Waals surface area (Å²) in [7, 11) is 2.02. The Bertz CT molecular complexity index is 741. The summed E-state index contributed by atoms with van der Waals surface area (Å²) in [5.74, 6) is 0. The molecule has 0 radical (unpaired) electrons. The Labute approximate surface area is 168 Å². The molecule has 0 aromatic heterocycles. The van der Waals surface area contributed by atoms with Crippen molar-refractivity contribution in [1.29, 1.82) is 5.26 Å². The largest absolute Gasteiger partial charge is 0.374 e. The van der Waals surface area contributed by atoms with Crippen LogP contribution >= 0.6 is 0 Å². The van der Waals surface area contributed by atoms with Gasteiger partial charge in [-0.25, -0.2) is 0 Å². The fraction of sp³-hybridized carbons (Fsp3) is 0.435. The lowest BCUT2D eigenvalue weighted by Gasteiger charge is -2.33. The van der Waals surface area contributed by atoms with Crippen LogP contribution < -0.4 is 10.2 Å². The summed E-state index contributed by atoms with van der Waals surface area (Å²) in [6, 6.07) is 21.3. The molecule has 28 heavy (non-hydrogen) atoms. The predicted molar refractivity (Wildman–Crippen MR) is 113 cm³/mol. The molecule has 0 spiro atoms. The van der Waals surface area contributed by atoms with Gasteiger partial charge in [-0.3, -0.25) is 4.90 Å². The summed E-state index contributed by atoms with van der Waals surface area (Å²) >= 11 is 0. The molecule has 1 saturated heterocycles. The second-order valence-electron chi connectivity index (χ2n) is 7.34. The lowest BCUT2D eigenvalue weighted by atomic mass is 10.1. The van der Waals surface area contributed by atoms with Crippen LogP contribution in [0.25, 0.3) is 0 Å². The van der Waals surface area contributed by atoms with Crippen LogP contribution in [0.4, 0.5) is 5.69 Å². The molecule has 0 saturated carbocycles. The van der Waals surface area contributed by atoms with Crippen LogP contribution in [0.2, 0.25) is 0 Å². The quantitative estimate of drug-likeness (QED) is 0.727. The van der Waals surface area contributed by atoms with Gasteiger partial charge in [0.2, 0.25) is 0 Å². The minimum Gasteiger partial charge on any atom is -0.374 e. The number of benzene rings is 2. The van der Waals surface area contributed by atoms with Crippen molar-refractivity contribution >= 4 is 5.69 Å². The fourth-order valence-electron chi connectivity index (χ4n) is 3.48. The van der Waals surface area contributed by atoms with E-state index < -0.39 is 0 Å². The highest BCUT2D eigenvalue weighted by atomic mass is 16.5. The van der Waals surface area contributed by atoms with E-state index in [4.69, 9.17) is 10.00 Å². The van der Waals surface area contributed by atoms with Crippen LogP contribution in [0.15, 0.2) is 54.6 Å². The lowest BCUT2D eigenvalue weighted by molar-refractivity contribution is -0.0300. The van der Waals surface area contributed by atoms with Crippen molar-refractivity contribution in [3.63, 3.8) is 0 Å². The monoisotopic (exact) mass is 378 g/mol. The summed E-state index contributed by atoms with van der Waals surface area (Å²) in [6.45, 7) is 6.18. The number of anilines is 1. The molecule has 0 aliphatic carbocycles. The maximum atomic E-state index is 8.70. The number of hydrogen-bond acceptors (Lipinski definition) is 5. The van der Waals surface area contributed by atoms with Crippen molar-refractivity contribution in [2.75, 3.05) is 44.7 Å². The van der Waals surface area contributed by atoms with Crippen molar-refractivity contribution in [2.45, 2.75) is 25.6 Å². The van der Waals surface area contributed by atoms with Gasteiger partial charge < -0.3 is 15.0 Å². The van der Waals surface area contributed by atoms with E-state index in [0.29, 0.717) is 6.42 Å². The topological polar surface area (TPSA) is 51.5 Å². The Kier molecular flexibility index (Phi) is 7.86. The smallest absolute Gasteiger partial charge is 0.0826 e. The molecule has 1 heterocycles. The third-order valence-electron chi connectivity index (χ3n) is 5.11. The summed E-state index contributed by atoms with van der Waals surface area (Å²) in [4.78, 5) is 4.58. The normalized spacial score (nSPS) is 17.2. The molecule has 1 fully saturated rings. The summed E-state index contributed by atoms with van der Waals surface area (Å²) < 4.78 is 5.93. The van der Waals surface area contributed by atoms with E-state index in [1.807, 2.05) is 7.05 Å². The minimum absolute atomic E-state index is 0.230. The minimum atomic E-state index is 0.230. The van der Waals surface area contributed by atoms with Gasteiger partial charge in [-0.15, -0.1) is 0 Å². The van der Waals surface area contributed by atoms with E-state index in [-0.39, 0.29) is 6.10 Å². The van der Waals surface area contributed by atoms with Crippen LogP contribution in [-0.2, 0) is 17.8 Å². The molecule has 0 amide bonds. The van der Waals surface area contributed by atoms with E-state index in [9.17, 15) is 0 Å². The number of nitrogens with one attached hydrogen (secondary N) is 1. The van der Waals surface area contributed by atoms with Crippen molar-refractivity contribution < 1.29 is 4.74 Å². The molecular weight excluding hydrogens is 348 g/mol. The summed E-state index contributed by atoms with van der Waals surface area (Å²) in [5, 5.41) is 12.2. The highest BCUT2D eigenvalue weighted by Gasteiger charge is 2.20. The van der Waals surface area contributed by atoms with Gasteiger partial charge in [0.1, 0.15) is 0 Å². The zero-order chi connectivity index (χ0) is 19.6. The Morgan fingerprint density at radius 3 is 2.68 bits per heavy atom. The van der Waals surface area contributed by atoms with E-state index in [2.05, 4.69) is 75.8 Å². The van der Waals surface area contributed by atoms with Gasteiger partial charge in [-0.1, -0.05) is 42.5 Å². The van der Waals surface area contributed by atoms with Gasteiger partial charge in [-0.05, 0) is 23.3 Å². The number of rotatable bonds is 9. The van der Waals surface area contributed by atoms with Gasteiger partial charge in [0.15, 0.2) is 0 Å². The molecule has 5 nitrogen and oxygen atoms in total. The van der Waals surface area contributed by atoms with Gasteiger partial charge >= 0.3 is 0 Å². The molecule has 2 aromatic carbocycles. The third-order valence-corrected chi connectivity index (χ3v) is 5.11. The van der Waals surface area contributed by atoms with Crippen LogP contribution in [0.3, 0.4) is 0 Å². The molecule has 1 aliphatic heterocycles. The van der Waals surface area contributed by atoms with E-state index in [1.165, 1.54) is 11.1 Å².